The molecule has 1 aliphatic heterocycles. The van der Waals surface area contributed by atoms with Crippen LogP contribution in [-0.4, -0.2) is 63.5 Å². The summed E-state index contributed by atoms with van der Waals surface area (Å²) in [5, 5.41) is 8.80. The van der Waals surface area contributed by atoms with Crippen LogP contribution in [0, 0.1) is 0 Å². The van der Waals surface area contributed by atoms with Crippen LogP contribution in [0.5, 0.6) is 0 Å². The molecule has 1 aliphatic rings. The van der Waals surface area contributed by atoms with Gasteiger partial charge in [0.15, 0.2) is 0 Å². The Hall–Kier alpha value is -1.24. The fourth-order valence-electron chi connectivity index (χ4n) is 1.87. The summed E-state index contributed by atoms with van der Waals surface area (Å²) in [6, 6.07) is -0.515. The van der Waals surface area contributed by atoms with Crippen molar-refractivity contribution in [2.75, 3.05) is 24.7 Å². The van der Waals surface area contributed by atoms with Gasteiger partial charge in [0.2, 0.25) is 11.8 Å². The number of aliphatic carboxylic acids is 1. The second kappa shape index (κ2) is 6.63. The summed E-state index contributed by atoms with van der Waals surface area (Å²) >= 11 is 1.51. The molecule has 7 heteroatoms. The average molecular weight is 274 g/mol. The van der Waals surface area contributed by atoms with E-state index in [9.17, 15) is 14.4 Å². The molecule has 2 amide bonds. The maximum atomic E-state index is 12.2. The Kier molecular flexibility index (Phi) is 5.46. The Morgan fingerprint density at radius 2 is 2.11 bits per heavy atom. The molecule has 0 spiro atoms. The molecular weight excluding hydrogens is 256 g/mol. The molecule has 0 aromatic rings. The summed E-state index contributed by atoms with van der Waals surface area (Å²) in [5.74, 6) is -0.404. The van der Waals surface area contributed by atoms with Crippen LogP contribution in [0.15, 0.2) is 0 Å². The molecular formula is C11H18N2O4S. The number of hydrogen-bond donors (Lipinski definition) is 1. The third kappa shape index (κ3) is 3.63. The van der Waals surface area contributed by atoms with Crippen molar-refractivity contribution >= 4 is 29.5 Å². The number of thioether (sulfide) groups is 1. The van der Waals surface area contributed by atoms with Gasteiger partial charge >= 0.3 is 5.97 Å². The minimum Gasteiger partial charge on any atom is -0.480 e. The summed E-state index contributed by atoms with van der Waals surface area (Å²) in [6.45, 7) is 3.40. The first-order valence-corrected chi connectivity index (χ1v) is 6.98. The third-order valence-electron chi connectivity index (χ3n) is 2.70. The monoisotopic (exact) mass is 274 g/mol. The number of carboxylic acids is 1. The average Bonchev–Trinajstić information content (AvgIpc) is 2.75. The van der Waals surface area contributed by atoms with Gasteiger partial charge in [-0.25, -0.2) is 0 Å². The first kappa shape index (κ1) is 14.8. The lowest BCUT2D eigenvalue weighted by molar-refractivity contribution is -0.148. The van der Waals surface area contributed by atoms with Crippen molar-refractivity contribution in [1.29, 1.82) is 0 Å². The van der Waals surface area contributed by atoms with Gasteiger partial charge in [0, 0.05) is 19.2 Å². The van der Waals surface area contributed by atoms with E-state index in [1.54, 1.807) is 0 Å². The topological polar surface area (TPSA) is 77.9 Å². The van der Waals surface area contributed by atoms with Gasteiger partial charge in [-0.05, 0) is 6.42 Å². The van der Waals surface area contributed by atoms with Crippen molar-refractivity contribution in [3.63, 3.8) is 0 Å². The molecule has 0 aromatic carbocycles. The molecule has 102 valence electrons. The molecule has 1 saturated heterocycles. The number of rotatable bonds is 5. The van der Waals surface area contributed by atoms with Crippen molar-refractivity contribution in [2.24, 2.45) is 0 Å². The molecule has 1 fully saturated rings. The molecule has 1 heterocycles. The number of carboxylic acid groups (broad SMARTS) is 1. The zero-order chi connectivity index (χ0) is 13.7. The number of carbonyl (C=O) groups excluding carboxylic acids is 2. The van der Waals surface area contributed by atoms with Crippen molar-refractivity contribution in [2.45, 2.75) is 26.3 Å². The highest BCUT2D eigenvalue weighted by Crippen LogP contribution is 2.22. The largest absolute Gasteiger partial charge is 0.480 e. The zero-order valence-electron chi connectivity index (χ0n) is 10.6. The lowest BCUT2D eigenvalue weighted by Gasteiger charge is -2.28. The van der Waals surface area contributed by atoms with Crippen LogP contribution >= 0.6 is 11.8 Å². The molecule has 1 rings (SSSR count). The molecule has 1 atom stereocenters. The van der Waals surface area contributed by atoms with Crippen molar-refractivity contribution in [3.8, 4) is 0 Å². The van der Waals surface area contributed by atoms with Crippen LogP contribution in [0.2, 0.25) is 0 Å². The smallest absolute Gasteiger partial charge is 0.323 e. The van der Waals surface area contributed by atoms with Gasteiger partial charge in [0.05, 0.1) is 5.88 Å². The summed E-state index contributed by atoms with van der Waals surface area (Å²) in [7, 11) is 0. The zero-order valence-corrected chi connectivity index (χ0v) is 11.4. The molecule has 0 radical (unpaired) electrons. The van der Waals surface area contributed by atoms with Gasteiger partial charge in [-0.15, -0.1) is 11.8 Å². The first-order valence-electron chi connectivity index (χ1n) is 5.83. The van der Waals surface area contributed by atoms with Crippen molar-refractivity contribution in [3.05, 3.63) is 0 Å². The molecule has 0 saturated carbocycles. The standard InChI is InChI=1S/C11H18N2O4S/c1-3-4-12(5-10(15)16)11(17)9-6-18-7-13(9)8(2)14/h9H,3-7H2,1-2H3,(H,15,16)/t9-/m1/s1. The van der Waals surface area contributed by atoms with Gasteiger partial charge in [-0.2, -0.15) is 0 Å². The molecule has 0 aliphatic carbocycles. The third-order valence-corrected chi connectivity index (χ3v) is 3.72. The highest BCUT2D eigenvalue weighted by Gasteiger charge is 2.35. The van der Waals surface area contributed by atoms with E-state index in [0.29, 0.717) is 24.6 Å². The predicted molar refractivity (Wildman–Crippen MR) is 68.1 cm³/mol. The number of hydrogen-bond acceptors (Lipinski definition) is 4. The van der Waals surface area contributed by atoms with Crippen LogP contribution in [0.4, 0.5) is 0 Å². The van der Waals surface area contributed by atoms with E-state index >= 15 is 0 Å². The van der Waals surface area contributed by atoms with Gasteiger partial charge in [-0.3, -0.25) is 14.4 Å². The fourth-order valence-corrected chi connectivity index (χ4v) is 3.08. The summed E-state index contributed by atoms with van der Waals surface area (Å²) in [6.07, 6.45) is 0.693. The minimum absolute atomic E-state index is 0.148. The molecule has 0 aromatic heterocycles. The van der Waals surface area contributed by atoms with Gasteiger partial charge in [-0.1, -0.05) is 6.92 Å². The van der Waals surface area contributed by atoms with E-state index in [1.165, 1.54) is 28.5 Å². The normalized spacial score (nSPS) is 18.8. The van der Waals surface area contributed by atoms with Crippen molar-refractivity contribution in [1.82, 2.24) is 9.80 Å². The van der Waals surface area contributed by atoms with Gasteiger partial charge in [0.25, 0.3) is 0 Å². The molecule has 6 nitrogen and oxygen atoms in total. The molecule has 0 bridgehead atoms. The van der Waals surface area contributed by atoms with E-state index in [2.05, 4.69) is 0 Å². The molecule has 1 N–H and O–H groups in total. The fraction of sp³-hybridized carbons (Fsp3) is 0.727. The Balaban J connectivity index is 2.75. The Bertz CT molecular complexity index is 348. The highest BCUT2D eigenvalue weighted by molar-refractivity contribution is 7.99. The van der Waals surface area contributed by atoms with E-state index in [0.717, 1.165) is 0 Å². The first-order chi connectivity index (χ1) is 8.47. The lowest BCUT2D eigenvalue weighted by atomic mass is 10.2. The van der Waals surface area contributed by atoms with Crippen LogP contribution in [-0.2, 0) is 14.4 Å². The summed E-state index contributed by atoms with van der Waals surface area (Å²) in [5.41, 5.74) is 0. The highest BCUT2D eigenvalue weighted by atomic mass is 32.2. The van der Waals surface area contributed by atoms with E-state index in [1.807, 2.05) is 6.92 Å². The summed E-state index contributed by atoms with van der Waals surface area (Å²) in [4.78, 5) is 37.2. The van der Waals surface area contributed by atoms with Crippen LogP contribution in [0.3, 0.4) is 0 Å². The maximum absolute atomic E-state index is 12.2. The van der Waals surface area contributed by atoms with Crippen LogP contribution < -0.4 is 0 Å². The predicted octanol–water partition coefficient (Wildman–Crippen LogP) is 0.231. The van der Waals surface area contributed by atoms with Gasteiger partial charge in [0.1, 0.15) is 12.6 Å². The van der Waals surface area contributed by atoms with Crippen molar-refractivity contribution < 1.29 is 19.5 Å². The van der Waals surface area contributed by atoms with E-state index in [-0.39, 0.29) is 18.4 Å². The second-order valence-electron chi connectivity index (χ2n) is 4.16. The van der Waals surface area contributed by atoms with Crippen LogP contribution in [0.25, 0.3) is 0 Å². The quantitative estimate of drug-likeness (QED) is 0.776. The summed E-state index contributed by atoms with van der Waals surface area (Å²) < 4.78 is 0. The minimum atomic E-state index is -1.03. The Morgan fingerprint density at radius 1 is 1.44 bits per heavy atom. The van der Waals surface area contributed by atoms with Gasteiger partial charge < -0.3 is 14.9 Å². The number of amides is 2. The molecule has 18 heavy (non-hydrogen) atoms. The van der Waals surface area contributed by atoms with E-state index < -0.39 is 12.0 Å². The maximum Gasteiger partial charge on any atom is 0.323 e. The van der Waals surface area contributed by atoms with E-state index in [4.69, 9.17) is 5.11 Å². The number of carbonyl (C=O) groups is 3. The Labute approximate surface area is 110 Å². The van der Waals surface area contributed by atoms with Crippen LogP contribution in [0.1, 0.15) is 20.3 Å². The molecule has 0 unspecified atom stereocenters. The SMILES string of the molecule is CCCN(CC(=O)O)C(=O)[C@H]1CSCN1C(C)=O. The Morgan fingerprint density at radius 3 is 2.61 bits per heavy atom. The second-order valence-corrected chi connectivity index (χ2v) is 5.16. The number of nitrogens with zero attached hydrogens (tertiary/aromatic N) is 2. The lowest BCUT2D eigenvalue weighted by Crippen LogP contribution is -2.50.